The number of ether oxygens (including phenoxy) is 1. The van der Waals surface area contributed by atoms with Crippen molar-refractivity contribution in [3.05, 3.63) is 42.5 Å². The third kappa shape index (κ3) is 1.70. The van der Waals surface area contributed by atoms with Crippen molar-refractivity contribution < 1.29 is 9.84 Å². The van der Waals surface area contributed by atoms with E-state index in [0.29, 0.717) is 0 Å². The molecule has 0 amide bonds. The van der Waals surface area contributed by atoms with Crippen molar-refractivity contribution in [2.45, 2.75) is 0 Å². The van der Waals surface area contributed by atoms with Crippen LogP contribution >= 0.6 is 0 Å². The largest absolute Gasteiger partial charge is 0.490 e. The molecule has 0 fully saturated rings. The Morgan fingerprint density at radius 2 is 1.79 bits per heavy atom. The molecule has 2 rings (SSSR count). The molecule has 0 aliphatic heterocycles. The van der Waals surface area contributed by atoms with Crippen molar-refractivity contribution in [2.75, 3.05) is 13.2 Å². The predicted octanol–water partition coefficient (Wildman–Crippen LogP) is 2.65. The summed E-state index contributed by atoms with van der Waals surface area (Å²) in [4.78, 5) is 0. The number of fused-ring (bicyclic) bond motifs is 1. The third-order valence-electron chi connectivity index (χ3n) is 2.09. The average Bonchev–Trinajstić information content (AvgIpc) is 2.26. The van der Waals surface area contributed by atoms with Crippen LogP contribution in [-0.4, -0.2) is 13.2 Å². The molecule has 0 spiro atoms. The van der Waals surface area contributed by atoms with Crippen molar-refractivity contribution in [3.63, 3.8) is 0 Å². The number of benzene rings is 2. The van der Waals surface area contributed by atoms with Crippen LogP contribution in [0, 0.1) is 0 Å². The first-order valence-electron chi connectivity index (χ1n) is 4.60. The monoisotopic (exact) mass is 187 g/mol. The summed E-state index contributed by atoms with van der Waals surface area (Å²) in [6.45, 7) is 0.0250. The quantitative estimate of drug-likeness (QED) is 0.726. The molecule has 14 heavy (non-hydrogen) atoms. The van der Waals surface area contributed by atoms with Gasteiger partial charge in [0.2, 0.25) is 0 Å². The van der Waals surface area contributed by atoms with Gasteiger partial charge in [0.15, 0.2) is 0 Å². The standard InChI is InChI=1S/C12H11O2/c13-8-9-14-12-7-3-5-10-4-1-2-6-11(10)12/h1-7H,8-9H2. The molecule has 2 heteroatoms. The maximum Gasteiger partial charge on any atom is 0.127 e. The van der Waals surface area contributed by atoms with E-state index in [1.54, 1.807) is 0 Å². The van der Waals surface area contributed by atoms with E-state index in [-0.39, 0.29) is 13.2 Å². The summed E-state index contributed by atoms with van der Waals surface area (Å²) in [6, 6.07) is 13.8. The second-order valence-electron chi connectivity index (χ2n) is 3.03. The van der Waals surface area contributed by atoms with Gasteiger partial charge in [0.05, 0.1) is 0 Å². The highest BCUT2D eigenvalue weighted by Gasteiger charge is 1.99. The molecule has 0 aromatic heterocycles. The van der Waals surface area contributed by atoms with Crippen LogP contribution in [0.25, 0.3) is 10.8 Å². The Labute approximate surface area is 82.8 Å². The van der Waals surface area contributed by atoms with Crippen LogP contribution in [0.3, 0.4) is 0 Å². The molecule has 2 aromatic carbocycles. The lowest BCUT2D eigenvalue weighted by molar-refractivity contribution is 0.139. The highest BCUT2D eigenvalue weighted by molar-refractivity contribution is 5.88. The Kier molecular flexibility index (Phi) is 2.65. The van der Waals surface area contributed by atoms with E-state index < -0.39 is 0 Å². The summed E-state index contributed by atoms with van der Waals surface area (Å²) in [6.07, 6.45) is 0. The SMILES string of the molecule is [O]CCOc1cccc2ccccc12. The predicted molar refractivity (Wildman–Crippen MR) is 55.0 cm³/mol. The second kappa shape index (κ2) is 4.11. The van der Waals surface area contributed by atoms with Crippen molar-refractivity contribution in [1.82, 2.24) is 0 Å². The maximum atomic E-state index is 10.3. The molecular weight excluding hydrogens is 176 g/mol. The van der Waals surface area contributed by atoms with Crippen molar-refractivity contribution in [3.8, 4) is 5.75 Å². The lowest BCUT2D eigenvalue weighted by atomic mass is 10.1. The summed E-state index contributed by atoms with van der Waals surface area (Å²) < 4.78 is 5.36. The second-order valence-corrected chi connectivity index (χ2v) is 3.03. The van der Waals surface area contributed by atoms with E-state index in [1.165, 1.54) is 0 Å². The minimum atomic E-state index is -0.205. The molecule has 0 aliphatic carbocycles. The molecule has 71 valence electrons. The normalized spacial score (nSPS) is 10.4. The Morgan fingerprint density at radius 1 is 1.00 bits per heavy atom. The zero-order valence-corrected chi connectivity index (χ0v) is 7.77. The van der Waals surface area contributed by atoms with E-state index in [0.717, 1.165) is 16.5 Å². The summed E-state index contributed by atoms with van der Waals surface area (Å²) in [5.74, 6) is 0.791. The van der Waals surface area contributed by atoms with Crippen LogP contribution < -0.4 is 4.74 Å². The van der Waals surface area contributed by atoms with Gasteiger partial charge in [-0.3, -0.25) is 0 Å². The van der Waals surface area contributed by atoms with Crippen molar-refractivity contribution in [2.24, 2.45) is 0 Å². The first-order chi connectivity index (χ1) is 6.92. The fraction of sp³-hybridized carbons (Fsp3) is 0.167. The van der Waals surface area contributed by atoms with Gasteiger partial charge in [0.1, 0.15) is 19.0 Å². The summed E-state index contributed by atoms with van der Waals surface area (Å²) in [7, 11) is 0. The van der Waals surface area contributed by atoms with E-state index >= 15 is 0 Å². The summed E-state index contributed by atoms with van der Waals surface area (Å²) >= 11 is 0. The van der Waals surface area contributed by atoms with Crippen LogP contribution in [-0.2, 0) is 5.11 Å². The van der Waals surface area contributed by atoms with Gasteiger partial charge in [0.25, 0.3) is 0 Å². The van der Waals surface area contributed by atoms with Gasteiger partial charge in [-0.1, -0.05) is 36.4 Å². The molecule has 0 saturated heterocycles. The third-order valence-corrected chi connectivity index (χ3v) is 2.09. The molecule has 1 radical (unpaired) electrons. The molecule has 0 atom stereocenters. The van der Waals surface area contributed by atoms with Gasteiger partial charge in [-0.2, -0.15) is 0 Å². The Balaban J connectivity index is 2.43. The molecule has 0 unspecified atom stereocenters. The molecule has 0 saturated carbocycles. The van der Waals surface area contributed by atoms with E-state index in [1.807, 2.05) is 42.5 Å². The molecule has 0 heterocycles. The zero-order valence-electron chi connectivity index (χ0n) is 7.77. The van der Waals surface area contributed by atoms with Gasteiger partial charge >= 0.3 is 0 Å². The van der Waals surface area contributed by atoms with Gasteiger partial charge < -0.3 is 4.74 Å². The van der Waals surface area contributed by atoms with E-state index in [2.05, 4.69) is 0 Å². The van der Waals surface area contributed by atoms with Gasteiger partial charge in [-0.15, -0.1) is 0 Å². The van der Waals surface area contributed by atoms with E-state index in [9.17, 15) is 5.11 Å². The lowest BCUT2D eigenvalue weighted by Gasteiger charge is -2.06. The number of rotatable bonds is 3. The van der Waals surface area contributed by atoms with Gasteiger partial charge in [-0.25, -0.2) is 5.11 Å². The Bertz CT molecular complexity index is 418. The highest BCUT2D eigenvalue weighted by Crippen LogP contribution is 2.24. The fourth-order valence-electron chi connectivity index (χ4n) is 1.47. The number of hydrogen-bond donors (Lipinski definition) is 0. The average molecular weight is 187 g/mol. The van der Waals surface area contributed by atoms with Crippen molar-refractivity contribution in [1.29, 1.82) is 0 Å². The van der Waals surface area contributed by atoms with E-state index in [4.69, 9.17) is 4.74 Å². The minimum absolute atomic E-state index is 0.205. The van der Waals surface area contributed by atoms with Gasteiger partial charge in [-0.05, 0) is 11.5 Å². The first kappa shape index (κ1) is 9.03. The van der Waals surface area contributed by atoms with Crippen LogP contribution in [0.4, 0.5) is 0 Å². The van der Waals surface area contributed by atoms with Crippen LogP contribution in [0.1, 0.15) is 0 Å². The molecule has 0 aliphatic rings. The highest BCUT2D eigenvalue weighted by atomic mass is 16.5. The molecular formula is C12H11O2. The van der Waals surface area contributed by atoms with Crippen LogP contribution in [0.15, 0.2) is 42.5 Å². The molecule has 0 bridgehead atoms. The maximum absolute atomic E-state index is 10.3. The van der Waals surface area contributed by atoms with Crippen LogP contribution in [0.5, 0.6) is 5.75 Å². The van der Waals surface area contributed by atoms with Gasteiger partial charge in [0, 0.05) is 5.39 Å². The summed E-state index contributed by atoms with van der Waals surface area (Å²) in [5, 5.41) is 12.5. The van der Waals surface area contributed by atoms with Crippen LogP contribution in [0.2, 0.25) is 0 Å². The molecule has 2 aromatic rings. The zero-order chi connectivity index (χ0) is 9.80. The first-order valence-corrected chi connectivity index (χ1v) is 4.60. The molecule has 2 nitrogen and oxygen atoms in total. The Morgan fingerprint density at radius 3 is 2.64 bits per heavy atom. The minimum Gasteiger partial charge on any atom is -0.490 e. The molecule has 0 N–H and O–H groups in total. The number of hydrogen-bond acceptors (Lipinski definition) is 1. The Hall–Kier alpha value is -1.54. The van der Waals surface area contributed by atoms with Crippen molar-refractivity contribution >= 4 is 10.8 Å². The smallest absolute Gasteiger partial charge is 0.127 e. The lowest BCUT2D eigenvalue weighted by Crippen LogP contribution is -2.00. The topological polar surface area (TPSA) is 29.1 Å². The summed E-state index contributed by atoms with van der Waals surface area (Å²) in [5.41, 5.74) is 0. The fourth-order valence-corrected chi connectivity index (χ4v) is 1.47.